The summed E-state index contributed by atoms with van der Waals surface area (Å²) in [5.41, 5.74) is -2.64. The Bertz CT molecular complexity index is 1040. The summed E-state index contributed by atoms with van der Waals surface area (Å²) in [6.45, 7) is 8.04. The Balaban J connectivity index is 1.47. The highest BCUT2D eigenvalue weighted by molar-refractivity contribution is 5.31. The molecule has 1 aliphatic heterocycles. The van der Waals surface area contributed by atoms with Crippen LogP contribution in [-0.2, 0) is 18.9 Å². The van der Waals surface area contributed by atoms with Gasteiger partial charge in [-0.2, -0.15) is 31.4 Å². The maximum atomic E-state index is 12.9. The van der Waals surface area contributed by atoms with Gasteiger partial charge in [-0.15, -0.1) is 0 Å². The van der Waals surface area contributed by atoms with Crippen LogP contribution in [0.2, 0.25) is 0 Å². The fourth-order valence-corrected chi connectivity index (χ4v) is 3.44. The van der Waals surface area contributed by atoms with E-state index in [4.69, 9.17) is 0 Å². The second-order valence-electron chi connectivity index (χ2n) is 7.90. The zero-order valence-corrected chi connectivity index (χ0v) is 18.2. The largest absolute Gasteiger partial charge is 0.421 e. The lowest BCUT2D eigenvalue weighted by Crippen LogP contribution is -2.47. The van der Waals surface area contributed by atoms with Gasteiger partial charge in [0.2, 0.25) is 5.95 Å². The number of nitrogens with zero attached hydrogens (tertiary/aromatic N) is 5. The van der Waals surface area contributed by atoms with Crippen molar-refractivity contribution in [2.24, 2.45) is 0 Å². The highest BCUT2D eigenvalue weighted by Crippen LogP contribution is 2.29. The highest BCUT2D eigenvalue weighted by atomic mass is 19.4. The van der Waals surface area contributed by atoms with Crippen LogP contribution in [0.5, 0.6) is 0 Å². The van der Waals surface area contributed by atoms with Gasteiger partial charge in [-0.1, -0.05) is 6.58 Å². The van der Waals surface area contributed by atoms with Gasteiger partial charge in [0.05, 0.1) is 11.3 Å². The van der Waals surface area contributed by atoms with E-state index in [-0.39, 0.29) is 24.2 Å². The molecule has 2 aromatic rings. The van der Waals surface area contributed by atoms with E-state index in [1.54, 1.807) is 4.90 Å². The topological polar surface area (TPSA) is 90.0 Å². The standard InChI is InChI=1S/C20H23F6N7O/c1-12(27-11-15-8-16(20(24,25)26)17(34)31-30-15)7-13(2)32-3-5-33(6-4-32)18-28-9-14(10-29-18)19(21,22)23/h8-10,12,27H,2-7,11H2,1H3,(H,31,34). The molecule has 3 rings (SSSR count). The Hall–Kier alpha value is -3.16. The number of anilines is 1. The summed E-state index contributed by atoms with van der Waals surface area (Å²) in [6.07, 6.45) is -7.23. The summed E-state index contributed by atoms with van der Waals surface area (Å²) in [5.74, 6) is 0.222. The van der Waals surface area contributed by atoms with Gasteiger partial charge in [0.1, 0.15) is 5.56 Å². The first kappa shape index (κ1) is 25.5. The molecule has 8 nitrogen and oxygen atoms in total. The van der Waals surface area contributed by atoms with Crippen molar-refractivity contribution in [1.29, 1.82) is 0 Å². The molecule has 0 bridgehead atoms. The molecule has 1 unspecified atom stereocenters. The number of rotatable bonds is 7. The number of hydrogen-bond donors (Lipinski definition) is 2. The number of hydrogen-bond acceptors (Lipinski definition) is 7. The summed E-state index contributed by atoms with van der Waals surface area (Å²) >= 11 is 0. The summed E-state index contributed by atoms with van der Waals surface area (Å²) in [4.78, 5) is 22.7. The minimum Gasteiger partial charge on any atom is -0.372 e. The van der Waals surface area contributed by atoms with Gasteiger partial charge in [0.25, 0.3) is 5.56 Å². The number of piperazine rings is 1. The van der Waals surface area contributed by atoms with Crippen molar-refractivity contribution in [1.82, 2.24) is 30.4 Å². The Morgan fingerprint density at radius 3 is 2.29 bits per heavy atom. The van der Waals surface area contributed by atoms with Gasteiger partial charge in [-0.05, 0) is 13.0 Å². The van der Waals surface area contributed by atoms with Crippen LogP contribution >= 0.6 is 0 Å². The van der Waals surface area contributed by atoms with Gasteiger partial charge in [0.15, 0.2) is 0 Å². The van der Waals surface area contributed by atoms with Crippen LogP contribution in [0.15, 0.2) is 35.5 Å². The fraction of sp³-hybridized carbons (Fsp3) is 0.500. The Morgan fingerprint density at radius 2 is 1.74 bits per heavy atom. The molecule has 0 amide bonds. The SMILES string of the molecule is C=C(CC(C)NCc1cc(C(F)(F)F)c(=O)[nH]n1)N1CCN(c2ncc(C(F)(F)F)cn2)CC1. The molecule has 1 atom stereocenters. The zero-order valence-electron chi connectivity index (χ0n) is 18.2. The molecule has 1 saturated heterocycles. The second-order valence-corrected chi connectivity index (χ2v) is 7.90. The highest BCUT2D eigenvalue weighted by Gasteiger charge is 2.34. The molecule has 2 aromatic heterocycles. The van der Waals surface area contributed by atoms with E-state index < -0.39 is 29.0 Å². The molecule has 186 valence electrons. The Morgan fingerprint density at radius 1 is 1.12 bits per heavy atom. The molecule has 0 radical (unpaired) electrons. The molecule has 34 heavy (non-hydrogen) atoms. The summed E-state index contributed by atoms with van der Waals surface area (Å²) < 4.78 is 76.6. The van der Waals surface area contributed by atoms with E-state index in [1.807, 2.05) is 16.9 Å². The third kappa shape index (κ3) is 6.46. The van der Waals surface area contributed by atoms with Crippen LogP contribution < -0.4 is 15.8 Å². The number of aromatic nitrogens is 4. The molecule has 3 heterocycles. The predicted molar refractivity (Wildman–Crippen MR) is 111 cm³/mol. The number of halogens is 6. The normalized spacial score (nSPS) is 16.0. The smallest absolute Gasteiger partial charge is 0.372 e. The van der Waals surface area contributed by atoms with E-state index in [9.17, 15) is 31.1 Å². The van der Waals surface area contributed by atoms with Crippen molar-refractivity contribution < 1.29 is 26.3 Å². The Kier molecular flexibility index (Phi) is 7.48. The lowest BCUT2D eigenvalue weighted by molar-refractivity contribution is -0.139. The van der Waals surface area contributed by atoms with Crippen LogP contribution in [0, 0.1) is 0 Å². The minimum absolute atomic E-state index is 0.0212. The monoisotopic (exact) mass is 491 g/mol. The van der Waals surface area contributed by atoms with E-state index in [1.165, 1.54) is 0 Å². The van der Waals surface area contributed by atoms with Crippen molar-refractivity contribution in [3.05, 3.63) is 57.9 Å². The van der Waals surface area contributed by atoms with E-state index in [0.717, 1.165) is 24.2 Å². The molecule has 1 fully saturated rings. The zero-order chi connectivity index (χ0) is 25.1. The molecular weight excluding hydrogens is 468 g/mol. The molecule has 1 aliphatic rings. The maximum Gasteiger partial charge on any atom is 0.421 e. The van der Waals surface area contributed by atoms with Gasteiger partial charge in [-0.25, -0.2) is 15.1 Å². The number of alkyl halides is 6. The maximum absolute atomic E-state index is 12.9. The van der Waals surface area contributed by atoms with Crippen molar-refractivity contribution in [2.45, 2.75) is 38.3 Å². The summed E-state index contributed by atoms with van der Waals surface area (Å²) in [7, 11) is 0. The van der Waals surface area contributed by atoms with Crippen LogP contribution in [0.25, 0.3) is 0 Å². The molecule has 0 aromatic carbocycles. The summed E-state index contributed by atoms with van der Waals surface area (Å²) in [5, 5.41) is 8.55. The molecule has 0 spiro atoms. The minimum atomic E-state index is -4.77. The van der Waals surface area contributed by atoms with Crippen molar-refractivity contribution in [3.63, 3.8) is 0 Å². The molecular formula is C20H23F6N7O. The molecule has 14 heteroatoms. The average molecular weight is 491 g/mol. The van der Waals surface area contributed by atoms with Gasteiger partial charge in [-0.3, -0.25) is 4.79 Å². The lowest BCUT2D eigenvalue weighted by Gasteiger charge is -2.37. The fourth-order valence-electron chi connectivity index (χ4n) is 3.44. The summed E-state index contributed by atoms with van der Waals surface area (Å²) in [6, 6.07) is 0.572. The molecule has 0 aliphatic carbocycles. The third-order valence-corrected chi connectivity index (χ3v) is 5.31. The van der Waals surface area contributed by atoms with Crippen molar-refractivity contribution >= 4 is 5.95 Å². The number of aromatic amines is 1. The van der Waals surface area contributed by atoms with Gasteiger partial charge < -0.3 is 15.1 Å². The Labute approximate surface area is 190 Å². The van der Waals surface area contributed by atoms with Gasteiger partial charge >= 0.3 is 12.4 Å². The quantitative estimate of drug-likeness (QED) is 0.576. The van der Waals surface area contributed by atoms with Crippen LogP contribution in [-0.4, -0.2) is 57.3 Å². The van der Waals surface area contributed by atoms with Crippen LogP contribution in [0.4, 0.5) is 32.3 Å². The average Bonchev–Trinajstić information content (AvgIpc) is 2.77. The van der Waals surface area contributed by atoms with E-state index >= 15 is 0 Å². The first-order valence-corrected chi connectivity index (χ1v) is 10.3. The number of nitrogens with one attached hydrogen (secondary N) is 2. The lowest BCUT2D eigenvalue weighted by atomic mass is 10.1. The first-order chi connectivity index (χ1) is 15.8. The number of H-pyrrole nitrogens is 1. The second kappa shape index (κ2) is 9.99. The molecule has 0 saturated carbocycles. The van der Waals surface area contributed by atoms with Crippen molar-refractivity contribution in [3.8, 4) is 0 Å². The molecule has 2 N–H and O–H groups in total. The van der Waals surface area contributed by atoms with E-state index in [2.05, 4.69) is 27.0 Å². The predicted octanol–water partition coefficient (Wildman–Crippen LogP) is 2.80. The first-order valence-electron chi connectivity index (χ1n) is 10.3. The van der Waals surface area contributed by atoms with Crippen LogP contribution in [0.1, 0.15) is 30.2 Å². The van der Waals surface area contributed by atoms with Crippen LogP contribution in [0.3, 0.4) is 0 Å². The van der Waals surface area contributed by atoms with Crippen molar-refractivity contribution in [2.75, 3.05) is 31.1 Å². The third-order valence-electron chi connectivity index (χ3n) is 5.31. The van der Waals surface area contributed by atoms with E-state index in [0.29, 0.717) is 32.6 Å². The van der Waals surface area contributed by atoms with Gasteiger partial charge in [0, 0.05) is 63.3 Å².